The van der Waals surface area contributed by atoms with Crippen LogP contribution in [0.3, 0.4) is 0 Å². The number of aryl methyl sites for hydroxylation is 2. The van der Waals surface area contributed by atoms with E-state index in [1.807, 2.05) is 20.2 Å². The number of hydrogen-bond acceptors (Lipinski definition) is 4. The van der Waals surface area contributed by atoms with Gasteiger partial charge in [0.1, 0.15) is 4.90 Å². The van der Waals surface area contributed by atoms with Gasteiger partial charge in [0.05, 0.1) is 11.4 Å². The molecule has 0 saturated heterocycles. The van der Waals surface area contributed by atoms with Crippen molar-refractivity contribution in [3.63, 3.8) is 0 Å². The van der Waals surface area contributed by atoms with Crippen LogP contribution in [-0.4, -0.2) is 24.0 Å². The number of aromatic nitrogens is 2. The Balaban J connectivity index is 2.04. The molecule has 0 fully saturated rings. The molecule has 1 aromatic heterocycles. The Morgan fingerprint density at radius 2 is 2.05 bits per heavy atom. The van der Waals surface area contributed by atoms with Gasteiger partial charge in [-0.2, -0.15) is 13.5 Å². The van der Waals surface area contributed by atoms with Crippen LogP contribution in [0.5, 0.6) is 0 Å². The smallest absolute Gasteiger partial charge is 0.285 e. The minimum atomic E-state index is -3.59. The van der Waals surface area contributed by atoms with E-state index in [9.17, 15) is 8.42 Å². The first-order valence-electron chi connectivity index (χ1n) is 6.25. The minimum absolute atomic E-state index is 0.240. The van der Waals surface area contributed by atoms with Crippen LogP contribution >= 0.6 is 0 Å². The van der Waals surface area contributed by atoms with Crippen molar-refractivity contribution in [2.24, 2.45) is 11.4 Å². The van der Waals surface area contributed by atoms with E-state index in [4.69, 9.17) is 0 Å². The molecule has 2 heterocycles. The quantitative estimate of drug-likeness (QED) is 0.910. The van der Waals surface area contributed by atoms with Crippen molar-refractivity contribution >= 4 is 21.5 Å². The van der Waals surface area contributed by atoms with Gasteiger partial charge in [0, 0.05) is 18.8 Å². The van der Waals surface area contributed by atoms with Crippen molar-refractivity contribution in [1.82, 2.24) is 9.78 Å². The molecule has 104 valence electrons. The normalized spacial score (nSPS) is 15.8. The third-order valence-electron chi connectivity index (χ3n) is 3.12. The zero-order valence-electron chi connectivity index (χ0n) is 11.2. The third-order valence-corrected chi connectivity index (χ3v) is 4.46. The molecule has 0 atom stereocenters. The fourth-order valence-electron chi connectivity index (χ4n) is 2.22. The minimum Gasteiger partial charge on any atom is -0.336 e. The Kier molecular flexibility index (Phi) is 2.86. The van der Waals surface area contributed by atoms with E-state index in [1.165, 1.54) is 0 Å². The van der Waals surface area contributed by atoms with Crippen molar-refractivity contribution in [1.29, 1.82) is 0 Å². The standard InChI is InChI=1S/C13H14N4O2S/c1-3-10-11(8-17(2)15-10)14-13-9-6-4-5-7-12(9)20(18,19)16-13/h4-8H,3H2,1-2H3,(H,14,16). The molecule has 7 heteroatoms. The lowest BCUT2D eigenvalue weighted by Crippen LogP contribution is -2.12. The number of sulfonamides is 1. The van der Waals surface area contributed by atoms with Crippen LogP contribution in [-0.2, 0) is 23.5 Å². The lowest BCUT2D eigenvalue weighted by Gasteiger charge is -2.05. The molecule has 0 unspecified atom stereocenters. The zero-order valence-corrected chi connectivity index (χ0v) is 12.0. The van der Waals surface area contributed by atoms with E-state index in [2.05, 4.69) is 14.8 Å². The second-order valence-corrected chi connectivity index (χ2v) is 6.13. The van der Waals surface area contributed by atoms with Crippen molar-refractivity contribution in [2.45, 2.75) is 18.2 Å². The summed E-state index contributed by atoms with van der Waals surface area (Å²) in [6.45, 7) is 1.99. The molecule has 0 saturated carbocycles. The molecular formula is C13H14N4O2S. The molecule has 0 radical (unpaired) electrons. The summed E-state index contributed by atoms with van der Waals surface area (Å²) in [6.07, 6.45) is 2.57. The number of rotatable bonds is 2. The van der Waals surface area contributed by atoms with Crippen molar-refractivity contribution < 1.29 is 8.42 Å². The van der Waals surface area contributed by atoms with Gasteiger partial charge in [-0.05, 0) is 18.6 Å². The monoisotopic (exact) mass is 290 g/mol. The van der Waals surface area contributed by atoms with E-state index in [1.54, 1.807) is 28.9 Å². The second kappa shape index (κ2) is 4.45. The highest BCUT2D eigenvalue weighted by molar-refractivity contribution is 7.90. The van der Waals surface area contributed by atoms with Gasteiger partial charge in [-0.3, -0.25) is 4.68 Å². The molecule has 1 aliphatic heterocycles. The van der Waals surface area contributed by atoms with Gasteiger partial charge >= 0.3 is 0 Å². The first-order valence-corrected chi connectivity index (χ1v) is 7.69. The van der Waals surface area contributed by atoms with Gasteiger partial charge in [-0.15, -0.1) is 4.40 Å². The van der Waals surface area contributed by atoms with E-state index in [0.29, 0.717) is 11.4 Å². The predicted octanol–water partition coefficient (Wildman–Crippen LogP) is 1.54. The first kappa shape index (κ1) is 12.9. The van der Waals surface area contributed by atoms with E-state index >= 15 is 0 Å². The highest BCUT2D eigenvalue weighted by Gasteiger charge is 2.28. The average molecular weight is 290 g/mol. The molecule has 0 aliphatic carbocycles. The maximum Gasteiger partial charge on any atom is 0.285 e. The molecule has 6 nitrogen and oxygen atoms in total. The molecule has 1 N–H and O–H groups in total. The average Bonchev–Trinajstić information content (AvgIpc) is 2.89. The summed E-state index contributed by atoms with van der Waals surface area (Å²) in [5.41, 5.74) is 2.25. The Bertz CT molecular complexity index is 806. The number of nitrogens with zero attached hydrogens (tertiary/aromatic N) is 3. The largest absolute Gasteiger partial charge is 0.336 e. The Labute approximate surface area is 117 Å². The SMILES string of the molecule is CCc1nn(C)cc1NC1=NS(=O)(=O)c2ccccc21. The van der Waals surface area contributed by atoms with E-state index in [0.717, 1.165) is 17.8 Å². The maximum absolute atomic E-state index is 12.0. The number of fused-ring (bicyclic) bond motifs is 1. The first-order chi connectivity index (χ1) is 9.51. The van der Waals surface area contributed by atoms with Crippen LogP contribution < -0.4 is 5.32 Å². The summed E-state index contributed by atoms with van der Waals surface area (Å²) >= 11 is 0. The van der Waals surface area contributed by atoms with Crippen molar-refractivity contribution in [2.75, 3.05) is 5.32 Å². The zero-order chi connectivity index (χ0) is 14.3. The van der Waals surface area contributed by atoms with Crippen molar-refractivity contribution in [3.8, 4) is 0 Å². The van der Waals surface area contributed by atoms with Crippen LogP contribution in [0, 0.1) is 0 Å². The van der Waals surface area contributed by atoms with Gasteiger partial charge in [0.25, 0.3) is 10.0 Å². The van der Waals surface area contributed by atoms with E-state index < -0.39 is 10.0 Å². The van der Waals surface area contributed by atoms with Crippen LogP contribution in [0.25, 0.3) is 0 Å². The topological polar surface area (TPSA) is 76.3 Å². The molecular weight excluding hydrogens is 276 g/mol. The number of anilines is 1. The summed E-state index contributed by atoms with van der Waals surface area (Å²) in [7, 11) is -1.76. The van der Waals surface area contributed by atoms with Gasteiger partial charge in [-0.1, -0.05) is 19.1 Å². The molecule has 1 aromatic carbocycles. The van der Waals surface area contributed by atoms with E-state index in [-0.39, 0.29) is 4.90 Å². The highest BCUT2D eigenvalue weighted by Crippen LogP contribution is 2.27. The van der Waals surface area contributed by atoms with Crippen LogP contribution in [0.1, 0.15) is 18.2 Å². The summed E-state index contributed by atoms with van der Waals surface area (Å²) in [5.74, 6) is 0.350. The lowest BCUT2D eigenvalue weighted by atomic mass is 10.2. The molecule has 20 heavy (non-hydrogen) atoms. The summed E-state index contributed by atoms with van der Waals surface area (Å²) in [6, 6.07) is 6.79. The Morgan fingerprint density at radius 3 is 2.80 bits per heavy atom. The fourth-order valence-corrected chi connectivity index (χ4v) is 3.40. The second-order valence-electron chi connectivity index (χ2n) is 4.55. The molecule has 1 aliphatic rings. The van der Waals surface area contributed by atoms with Crippen LogP contribution in [0.4, 0.5) is 5.69 Å². The predicted molar refractivity (Wildman–Crippen MR) is 76.4 cm³/mol. The number of benzene rings is 1. The molecule has 0 spiro atoms. The Hall–Kier alpha value is -2.15. The van der Waals surface area contributed by atoms with Crippen molar-refractivity contribution in [3.05, 3.63) is 41.7 Å². The molecule has 0 bridgehead atoms. The number of nitrogens with one attached hydrogen (secondary N) is 1. The highest BCUT2D eigenvalue weighted by atomic mass is 32.2. The Morgan fingerprint density at radius 1 is 1.30 bits per heavy atom. The van der Waals surface area contributed by atoms with Gasteiger partial charge in [0.2, 0.25) is 0 Å². The summed E-state index contributed by atoms with van der Waals surface area (Å²) in [5, 5.41) is 7.39. The summed E-state index contributed by atoms with van der Waals surface area (Å²) < 4.78 is 29.4. The van der Waals surface area contributed by atoms with Crippen LogP contribution in [0.2, 0.25) is 0 Å². The maximum atomic E-state index is 12.0. The number of hydrogen-bond donors (Lipinski definition) is 1. The van der Waals surface area contributed by atoms with Gasteiger partial charge in [-0.25, -0.2) is 0 Å². The molecule has 0 amide bonds. The number of amidine groups is 1. The molecule has 3 rings (SSSR count). The molecule has 2 aromatic rings. The summed E-state index contributed by atoms with van der Waals surface area (Å²) in [4.78, 5) is 0.240. The van der Waals surface area contributed by atoms with Gasteiger partial charge in [0.15, 0.2) is 5.84 Å². The fraction of sp³-hybridized carbons (Fsp3) is 0.231. The third kappa shape index (κ3) is 2.00. The van der Waals surface area contributed by atoms with Crippen LogP contribution in [0.15, 0.2) is 39.8 Å². The van der Waals surface area contributed by atoms with Gasteiger partial charge < -0.3 is 5.32 Å². The lowest BCUT2D eigenvalue weighted by molar-refractivity contribution is 0.599.